The van der Waals surface area contributed by atoms with Crippen LogP contribution in [0.5, 0.6) is 11.5 Å². The molecule has 28 heavy (non-hydrogen) atoms. The third-order valence-corrected chi connectivity index (χ3v) is 4.48. The molecule has 0 atom stereocenters. The van der Waals surface area contributed by atoms with Gasteiger partial charge in [-0.25, -0.2) is 4.98 Å². The summed E-state index contributed by atoms with van der Waals surface area (Å²) in [5.74, 6) is 2.18. The molecule has 0 aliphatic rings. The molecule has 0 bridgehead atoms. The Hall–Kier alpha value is -3.84. The van der Waals surface area contributed by atoms with Gasteiger partial charge >= 0.3 is 0 Å². The Morgan fingerprint density at radius 2 is 1.75 bits per heavy atom. The number of hydrogen-bond acceptors (Lipinski definition) is 3. The molecule has 0 saturated carbocycles. The van der Waals surface area contributed by atoms with E-state index in [0.29, 0.717) is 11.4 Å². The number of allylic oxidation sites excluding steroid dienone is 1. The van der Waals surface area contributed by atoms with Crippen LogP contribution in [0, 0.1) is 11.3 Å². The van der Waals surface area contributed by atoms with Gasteiger partial charge in [0.15, 0.2) is 5.82 Å². The Morgan fingerprint density at radius 3 is 2.54 bits per heavy atom. The summed E-state index contributed by atoms with van der Waals surface area (Å²) in [6.45, 7) is 2.80. The van der Waals surface area contributed by atoms with Gasteiger partial charge in [-0.05, 0) is 55.0 Å². The van der Waals surface area contributed by atoms with Crippen molar-refractivity contribution in [1.29, 1.82) is 5.26 Å². The average molecular weight is 365 g/mol. The summed E-state index contributed by atoms with van der Waals surface area (Å²) >= 11 is 0. The van der Waals surface area contributed by atoms with Crippen molar-refractivity contribution in [2.45, 2.75) is 13.5 Å². The number of nitriles is 1. The number of benzene rings is 3. The quantitative estimate of drug-likeness (QED) is 0.413. The Balaban J connectivity index is 1.72. The number of hydrogen-bond donors (Lipinski definition) is 0. The second kappa shape index (κ2) is 7.81. The first-order chi connectivity index (χ1) is 13.8. The number of ether oxygens (including phenoxy) is 1. The van der Waals surface area contributed by atoms with E-state index in [-0.39, 0.29) is 0 Å². The molecule has 4 nitrogen and oxygen atoms in total. The molecule has 0 aliphatic carbocycles. The van der Waals surface area contributed by atoms with E-state index >= 15 is 0 Å². The lowest BCUT2D eigenvalue weighted by Gasteiger charge is -2.07. The lowest BCUT2D eigenvalue weighted by atomic mass is 10.1. The normalized spacial score (nSPS) is 11.4. The Morgan fingerprint density at radius 1 is 1.00 bits per heavy atom. The van der Waals surface area contributed by atoms with Crippen LogP contribution in [0.4, 0.5) is 0 Å². The Labute approximate surface area is 164 Å². The van der Waals surface area contributed by atoms with Crippen molar-refractivity contribution in [1.82, 2.24) is 9.55 Å². The predicted molar refractivity (Wildman–Crippen MR) is 112 cm³/mol. The largest absolute Gasteiger partial charge is 0.457 e. The first-order valence-electron chi connectivity index (χ1n) is 9.19. The molecule has 1 aromatic heterocycles. The highest BCUT2D eigenvalue weighted by Gasteiger charge is 2.13. The zero-order valence-electron chi connectivity index (χ0n) is 15.5. The molecular weight excluding hydrogens is 346 g/mol. The number of aryl methyl sites for hydroxylation is 1. The molecule has 0 radical (unpaired) electrons. The van der Waals surface area contributed by atoms with Gasteiger partial charge in [0.25, 0.3) is 0 Å². The van der Waals surface area contributed by atoms with Gasteiger partial charge < -0.3 is 9.30 Å². The molecule has 0 spiro atoms. The maximum Gasteiger partial charge on any atom is 0.151 e. The highest BCUT2D eigenvalue weighted by molar-refractivity contribution is 5.91. The van der Waals surface area contributed by atoms with Gasteiger partial charge in [0, 0.05) is 6.54 Å². The average Bonchev–Trinajstić information content (AvgIpc) is 3.11. The van der Waals surface area contributed by atoms with Crippen LogP contribution < -0.4 is 4.74 Å². The van der Waals surface area contributed by atoms with Gasteiger partial charge in [-0.3, -0.25) is 0 Å². The van der Waals surface area contributed by atoms with Gasteiger partial charge in [0.1, 0.15) is 17.6 Å². The summed E-state index contributed by atoms with van der Waals surface area (Å²) in [6, 6.07) is 27.6. The fraction of sp³-hybridized carbons (Fsp3) is 0.0833. The second-order valence-electron chi connectivity index (χ2n) is 6.33. The molecule has 0 unspecified atom stereocenters. The number of rotatable bonds is 5. The Bertz CT molecular complexity index is 1180. The van der Waals surface area contributed by atoms with E-state index in [9.17, 15) is 5.26 Å². The van der Waals surface area contributed by atoms with E-state index in [1.807, 2.05) is 84.9 Å². The molecule has 0 aliphatic heterocycles. The topological polar surface area (TPSA) is 50.8 Å². The van der Waals surface area contributed by atoms with Crippen molar-refractivity contribution in [2.75, 3.05) is 0 Å². The summed E-state index contributed by atoms with van der Waals surface area (Å²) in [5.41, 5.74) is 3.33. The van der Waals surface area contributed by atoms with E-state index in [1.165, 1.54) is 0 Å². The van der Waals surface area contributed by atoms with Crippen LogP contribution in [0.3, 0.4) is 0 Å². The van der Waals surface area contributed by atoms with Crippen LogP contribution in [0.25, 0.3) is 22.7 Å². The van der Waals surface area contributed by atoms with Crippen LogP contribution in [-0.4, -0.2) is 9.55 Å². The third kappa shape index (κ3) is 3.51. The molecule has 136 valence electrons. The maximum atomic E-state index is 9.79. The minimum Gasteiger partial charge on any atom is -0.457 e. The predicted octanol–water partition coefficient (Wildman–Crippen LogP) is 5.91. The minimum atomic E-state index is 0.523. The lowest BCUT2D eigenvalue weighted by molar-refractivity contribution is 0.482. The van der Waals surface area contributed by atoms with Crippen molar-refractivity contribution in [3.8, 4) is 17.6 Å². The summed E-state index contributed by atoms with van der Waals surface area (Å²) in [6.07, 6.45) is 1.85. The van der Waals surface area contributed by atoms with Gasteiger partial charge in [-0.15, -0.1) is 0 Å². The summed E-state index contributed by atoms with van der Waals surface area (Å²) in [5, 5.41) is 9.79. The monoisotopic (exact) mass is 365 g/mol. The number of imidazole rings is 1. The van der Waals surface area contributed by atoms with Crippen LogP contribution in [0.15, 0.2) is 78.9 Å². The van der Waals surface area contributed by atoms with Crippen molar-refractivity contribution in [3.63, 3.8) is 0 Å². The van der Waals surface area contributed by atoms with E-state index in [2.05, 4.69) is 22.5 Å². The standard InChI is InChI=1S/C24H19N3O/c1-2-27-23-14-7-6-13-22(23)26-24(27)19(17-25)15-18-9-8-12-21(16-18)28-20-10-4-3-5-11-20/h3-16H,2H2,1H3. The molecule has 1 heterocycles. The minimum absolute atomic E-state index is 0.523. The molecule has 0 amide bonds. The van der Waals surface area contributed by atoms with E-state index in [4.69, 9.17) is 4.74 Å². The maximum absolute atomic E-state index is 9.79. The SMILES string of the molecule is CCn1c(C(C#N)=Cc2cccc(Oc3ccccc3)c2)nc2ccccc21. The zero-order valence-corrected chi connectivity index (χ0v) is 15.5. The molecule has 4 heteroatoms. The molecule has 0 fully saturated rings. The highest BCUT2D eigenvalue weighted by atomic mass is 16.5. The smallest absolute Gasteiger partial charge is 0.151 e. The lowest BCUT2D eigenvalue weighted by Crippen LogP contribution is -2.00. The van der Waals surface area contributed by atoms with Gasteiger partial charge in [-0.2, -0.15) is 5.26 Å². The molecule has 4 rings (SSSR count). The molecular formula is C24H19N3O. The van der Waals surface area contributed by atoms with Crippen molar-refractivity contribution in [2.24, 2.45) is 0 Å². The van der Waals surface area contributed by atoms with E-state index in [1.54, 1.807) is 0 Å². The van der Waals surface area contributed by atoms with Crippen molar-refractivity contribution in [3.05, 3.63) is 90.3 Å². The van der Waals surface area contributed by atoms with Crippen molar-refractivity contribution < 1.29 is 4.74 Å². The molecule has 3 aromatic carbocycles. The highest BCUT2D eigenvalue weighted by Crippen LogP contribution is 2.26. The second-order valence-corrected chi connectivity index (χ2v) is 6.33. The number of nitrogens with zero attached hydrogens (tertiary/aromatic N) is 3. The number of fused-ring (bicyclic) bond motifs is 1. The van der Waals surface area contributed by atoms with Crippen LogP contribution in [-0.2, 0) is 6.54 Å². The summed E-state index contributed by atoms with van der Waals surface area (Å²) < 4.78 is 7.96. The van der Waals surface area contributed by atoms with Gasteiger partial charge in [0.05, 0.1) is 16.6 Å². The van der Waals surface area contributed by atoms with E-state index in [0.717, 1.165) is 34.6 Å². The molecule has 4 aromatic rings. The third-order valence-electron chi connectivity index (χ3n) is 4.48. The first-order valence-corrected chi connectivity index (χ1v) is 9.19. The zero-order chi connectivity index (χ0) is 19.3. The van der Waals surface area contributed by atoms with Gasteiger partial charge in [-0.1, -0.05) is 42.5 Å². The van der Waals surface area contributed by atoms with Crippen LogP contribution >= 0.6 is 0 Å². The number of aromatic nitrogens is 2. The Kier molecular flexibility index (Phi) is 4.90. The fourth-order valence-electron chi connectivity index (χ4n) is 3.21. The molecule has 0 saturated heterocycles. The van der Waals surface area contributed by atoms with E-state index < -0.39 is 0 Å². The number of para-hydroxylation sites is 3. The fourth-order valence-corrected chi connectivity index (χ4v) is 3.21. The van der Waals surface area contributed by atoms with Crippen molar-refractivity contribution >= 4 is 22.7 Å². The van der Waals surface area contributed by atoms with Gasteiger partial charge in [0.2, 0.25) is 0 Å². The van der Waals surface area contributed by atoms with Crippen LogP contribution in [0.1, 0.15) is 18.3 Å². The van der Waals surface area contributed by atoms with Crippen LogP contribution in [0.2, 0.25) is 0 Å². The molecule has 0 N–H and O–H groups in total. The summed E-state index contributed by atoms with van der Waals surface area (Å²) in [7, 11) is 0. The first kappa shape index (κ1) is 17.6. The summed E-state index contributed by atoms with van der Waals surface area (Å²) in [4.78, 5) is 4.68.